The van der Waals surface area contributed by atoms with Gasteiger partial charge in [-0.2, -0.15) is 0 Å². The molecule has 62 valence electrons. The second-order valence-corrected chi connectivity index (χ2v) is 5.32. The third kappa shape index (κ3) is 2.97. The van der Waals surface area contributed by atoms with Crippen LogP contribution in [0.2, 0.25) is 0 Å². The summed E-state index contributed by atoms with van der Waals surface area (Å²) in [6, 6.07) is 0. The van der Waals surface area contributed by atoms with Gasteiger partial charge in [-0.15, -0.1) is 0 Å². The van der Waals surface area contributed by atoms with Crippen LogP contribution in [0.15, 0.2) is 11.5 Å². The van der Waals surface area contributed by atoms with Crippen molar-refractivity contribution in [3.63, 3.8) is 0 Å². The normalized spacial score (nSPS) is 29.3. The predicted octanol–water partition coefficient (Wildman–Crippen LogP) is 2.29. The Balaban J connectivity index is 2.30. The highest BCUT2D eigenvalue weighted by molar-refractivity contribution is 9.11. The summed E-state index contributed by atoms with van der Waals surface area (Å²) < 4.78 is 4.94. The van der Waals surface area contributed by atoms with Gasteiger partial charge >= 0.3 is 0 Å². The summed E-state index contributed by atoms with van der Waals surface area (Å²) in [5.74, 6) is 0.0522. The summed E-state index contributed by atoms with van der Waals surface area (Å²) in [6.45, 7) is 1.70. The molecule has 11 heavy (non-hydrogen) atoms. The summed E-state index contributed by atoms with van der Waals surface area (Å²) in [6.07, 6.45) is 2.82. The first kappa shape index (κ1) is 9.29. The molecular formula is C7H9BrO2S. The molecular weight excluding hydrogens is 228 g/mol. The second-order valence-electron chi connectivity index (χ2n) is 2.34. The largest absolute Gasteiger partial charge is 0.346 e. The molecule has 0 saturated carbocycles. The molecule has 0 fully saturated rings. The van der Waals surface area contributed by atoms with E-state index in [1.807, 2.05) is 11.5 Å². The van der Waals surface area contributed by atoms with Gasteiger partial charge in [-0.05, 0) is 28.3 Å². The van der Waals surface area contributed by atoms with Gasteiger partial charge in [0.05, 0.1) is 0 Å². The highest BCUT2D eigenvalue weighted by Gasteiger charge is 2.29. The molecule has 1 aliphatic rings. The minimum absolute atomic E-state index is 0.0522. The fourth-order valence-corrected chi connectivity index (χ4v) is 2.03. The summed E-state index contributed by atoms with van der Waals surface area (Å²) in [4.78, 5) is 10.6. The van der Waals surface area contributed by atoms with Crippen LogP contribution in [0.25, 0.3) is 0 Å². The van der Waals surface area contributed by atoms with Crippen molar-refractivity contribution in [3.05, 3.63) is 11.5 Å². The summed E-state index contributed by atoms with van der Waals surface area (Å²) >= 11 is 4.95. The molecule has 0 bridgehead atoms. The predicted molar refractivity (Wildman–Crippen MR) is 49.6 cm³/mol. The van der Waals surface area contributed by atoms with Gasteiger partial charge in [0.15, 0.2) is 9.63 Å². The van der Waals surface area contributed by atoms with Gasteiger partial charge in [0, 0.05) is 6.42 Å². The fraction of sp³-hybridized carbons (Fsp3) is 0.571. The summed E-state index contributed by atoms with van der Waals surface area (Å²) in [5.41, 5.74) is 0. The number of carbonyl (C=O) groups excluding carboxylic acids is 1. The molecule has 1 heterocycles. The molecule has 0 aromatic heterocycles. The van der Waals surface area contributed by atoms with Crippen molar-refractivity contribution >= 4 is 33.5 Å². The Morgan fingerprint density at radius 2 is 2.64 bits per heavy atom. The first-order chi connectivity index (χ1) is 5.12. The highest BCUT2D eigenvalue weighted by atomic mass is 79.9. The number of hydrogen-bond donors (Lipinski definition) is 0. The van der Waals surface area contributed by atoms with E-state index in [0.717, 1.165) is 6.42 Å². The number of thioether (sulfide) groups is 1. The lowest BCUT2D eigenvalue weighted by atomic mass is 10.4. The maximum atomic E-state index is 10.6. The molecule has 1 aliphatic heterocycles. The minimum Gasteiger partial charge on any atom is -0.346 e. The molecule has 2 nitrogen and oxygen atoms in total. The molecule has 0 N–H and O–H groups in total. The molecule has 0 aromatic rings. The first-order valence-corrected chi connectivity index (χ1v) is 4.95. The maximum Gasteiger partial charge on any atom is 0.176 e. The SMILES string of the molecule is CC(=O)COC1(Br)CC=CS1. The zero-order valence-corrected chi connectivity index (χ0v) is 8.57. The smallest absolute Gasteiger partial charge is 0.176 e. The Morgan fingerprint density at radius 1 is 1.91 bits per heavy atom. The summed E-state index contributed by atoms with van der Waals surface area (Å²) in [5, 5.41) is 1.97. The van der Waals surface area contributed by atoms with Gasteiger partial charge < -0.3 is 4.74 Å². The molecule has 0 saturated heterocycles. The maximum absolute atomic E-state index is 10.6. The molecule has 1 atom stereocenters. The number of ether oxygens (including phenoxy) is 1. The van der Waals surface area contributed by atoms with E-state index in [4.69, 9.17) is 4.74 Å². The Kier molecular flexibility index (Phi) is 3.16. The van der Waals surface area contributed by atoms with Gasteiger partial charge in [0.2, 0.25) is 0 Å². The molecule has 0 spiro atoms. The molecule has 4 heteroatoms. The Labute approximate surface area is 78.5 Å². The van der Waals surface area contributed by atoms with Crippen molar-refractivity contribution < 1.29 is 9.53 Å². The van der Waals surface area contributed by atoms with Crippen LogP contribution in [0.4, 0.5) is 0 Å². The number of carbonyl (C=O) groups is 1. The topological polar surface area (TPSA) is 26.3 Å². The number of Topliss-reactive ketones (excluding diaryl/α,β-unsaturated/α-hetero) is 1. The van der Waals surface area contributed by atoms with Gasteiger partial charge in [-0.1, -0.05) is 17.8 Å². The highest BCUT2D eigenvalue weighted by Crippen LogP contribution is 2.42. The molecule has 0 aromatic carbocycles. The average molecular weight is 237 g/mol. The molecule has 0 amide bonds. The monoisotopic (exact) mass is 236 g/mol. The van der Waals surface area contributed by atoms with Gasteiger partial charge in [-0.25, -0.2) is 0 Å². The zero-order chi connectivity index (χ0) is 8.32. The standard InChI is InChI=1S/C7H9BrO2S/c1-6(9)5-10-7(8)3-2-4-11-7/h2,4H,3,5H2,1H3. The van der Waals surface area contributed by atoms with Crippen LogP contribution >= 0.6 is 27.7 Å². The van der Waals surface area contributed by atoms with E-state index in [2.05, 4.69) is 15.9 Å². The van der Waals surface area contributed by atoms with Gasteiger partial charge in [0.1, 0.15) is 6.61 Å². The average Bonchev–Trinajstić information content (AvgIpc) is 2.33. The number of alkyl halides is 1. The zero-order valence-electron chi connectivity index (χ0n) is 6.17. The van der Waals surface area contributed by atoms with Crippen molar-refractivity contribution in [2.45, 2.75) is 17.2 Å². The van der Waals surface area contributed by atoms with E-state index >= 15 is 0 Å². The van der Waals surface area contributed by atoms with Crippen LogP contribution in [0.5, 0.6) is 0 Å². The quantitative estimate of drug-likeness (QED) is 0.704. The van der Waals surface area contributed by atoms with Crippen LogP contribution in [-0.2, 0) is 9.53 Å². The summed E-state index contributed by atoms with van der Waals surface area (Å²) in [7, 11) is 0. The second kappa shape index (κ2) is 3.74. The van der Waals surface area contributed by atoms with Crippen molar-refractivity contribution in [1.82, 2.24) is 0 Å². The third-order valence-corrected chi connectivity index (χ3v) is 3.27. The lowest BCUT2D eigenvalue weighted by molar-refractivity contribution is -0.122. The van der Waals surface area contributed by atoms with E-state index in [-0.39, 0.29) is 16.2 Å². The molecule has 0 radical (unpaired) electrons. The molecule has 1 rings (SSSR count). The van der Waals surface area contributed by atoms with Crippen LogP contribution in [0, 0.1) is 0 Å². The molecule has 1 unspecified atom stereocenters. The lowest BCUT2D eigenvalue weighted by Crippen LogP contribution is -2.20. The number of rotatable bonds is 3. The van der Waals surface area contributed by atoms with E-state index < -0.39 is 0 Å². The van der Waals surface area contributed by atoms with Gasteiger partial charge in [-0.3, -0.25) is 4.79 Å². The minimum atomic E-state index is -0.376. The van der Waals surface area contributed by atoms with E-state index in [1.165, 1.54) is 6.92 Å². The van der Waals surface area contributed by atoms with Crippen LogP contribution in [-0.4, -0.2) is 16.2 Å². The first-order valence-electron chi connectivity index (χ1n) is 3.27. The molecule has 0 aliphatic carbocycles. The fourth-order valence-electron chi connectivity index (χ4n) is 0.689. The van der Waals surface area contributed by atoms with Crippen LogP contribution < -0.4 is 0 Å². The van der Waals surface area contributed by atoms with Crippen molar-refractivity contribution in [2.75, 3.05) is 6.61 Å². The van der Waals surface area contributed by atoms with E-state index in [9.17, 15) is 4.79 Å². The van der Waals surface area contributed by atoms with Crippen molar-refractivity contribution in [1.29, 1.82) is 0 Å². The Bertz CT molecular complexity index is 183. The van der Waals surface area contributed by atoms with E-state index in [0.29, 0.717) is 0 Å². The van der Waals surface area contributed by atoms with Crippen molar-refractivity contribution in [3.8, 4) is 0 Å². The lowest BCUT2D eigenvalue weighted by Gasteiger charge is -2.19. The number of halogens is 1. The number of ketones is 1. The van der Waals surface area contributed by atoms with E-state index in [1.54, 1.807) is 11.8 Å². The van der Waals surface area contributed by atoms with Crippen molar-refractivity contribution in [2.24, 2.45) is 0 Å². The Morgan fingerprint density at radius 3 is 3.09 bits per heavy atom. The van der Waals surface area contributed by atoms with Crippen LogP contribution in [0.3, 0.4) is 0 Å². The Hall–Kier alpha value is 0.200. The number of hydrogen-bond acceptors (Lipinski definition) is 3. The third-order valence-electron chi connectivity index (χ3n) is 1.19. The van der Waals surface area contributed by atoms with Gasteiger partial charge in [0.25, 0.3) is 0 Å². The van der Waals surface area contributed by atoms with Crippen LogP contribution in [0.1, 0.15) is 13.3 Å².